The Morgan fingerprint density at radius 2 is 1.76 bits per heavy atom. The van der Waals surface area contributed by atoms with E-state index < -0.39 is 0 Å². The lowest BCUT2D eigenvalue weighted by molar-refractivity contribution is -0.133. The van der Waals surface area contributed by atoms with E-state index in [1.807, 2.05) is 65.6 Å². The smallest absolute Gasteiger partial charge is 0.254 e. The number of fused-ring (bicyclic) bond motifs is 2. The standard InChI is InChI=1S/C29H26N2O2S/c1-2-16-30(29(33)24-13-12-21-8-6-7-11-23(21)19-24)20-27(32)31-17-14-26-25(15-18-34-26)28(31)22-9-4-3-5-10-22/h2-13,15,18-19,28H,1,14,16-17,20H2. The van der Waals surface area contributed by atoms with Crippen LogP contribution in [0.1, 0.15) is 32.4 Å². The molecule has 1 unspecified atom stereocenters. The normalized spacial score (nSPS) is 15.1. The highest BCUT2D eigenvalue weighted by Gasteiger charge is 2.33. The Bertz CT molecular complexity index is 1340. The molecular formula is C29H26N2O2S. The summed E-state index contributed by atoms with van der Waals surface area (Å²) in [7, 11) is 0. The maximum atomic E-state index is 13.6. The van der Waals surface area contributed by atoms with Gasteiger partial charge in [-0.15, -0.1) is 17.9 Å². The summed E-state index contributed by atoms with van der Waals surface area (Å²) >= 11 is 1.75. The van der Waals surface area contributed by atoms with E-state index in [1.165, 1.54) is 10.4 Å². The van der Waals surface area contributed by atoms with Crippen LogP contribution in [0.2, 0.25) is 0 Å². The van der Waals surface area contributed by atoms with Crippen LogP contribution in [0.3, 0.4) is 0 Å². The van der Waals surface area contributed by atoms with Crippen molar-refractivity contribution in [2.45, 2.75) is 12.5 Å². The molecule has 0 bridgehead atoms. The van der Waals surface area contributed by atoms with Gasteiger partial charge in [-0.2, -0.15) is 0 Å². The van der Waals surface area contributed by atoms with Gasteiger partial charge >= 0.3 is 0 Å². The summed E-state index contributed by atoms with van der Waals surface area (Å²) in [6, 6.07) is 25.7. The zero-order valence-corrected chi connectivity index (χ0v) is 19.7. The number of benzene rings is 3. The van der Waals surface area contributed by atoms with Crippen molar-refractivity contribution in [1.82, 2.24) is 9.80 Å². The summed E-state index contributed by atoms with van der Waals surface area (Å²) in [5.41, 5.74) is 2.85. The van der Waals surface area contributed by atoms with Crippen molar-refractivity contribution >= 4 is 33.9 Å². The minimum atomic E-state index is -0.163. The molecular weight excluding hydrogens is 440 g/mol. The van der Waals surface area contributed by atoms with Gasteiger partial charge in [0.1, 0.15) is 6.54 Å². The molecule has 1 aliphatic rings. The Labute approximate surface area is 203 Å². The molecule has 1 aliphatic heterocycles. The summed E-state index contributed by atoms with van der Waals surface area (Å²) < 4.78 is 0. The van der Waals surface area contributed by atoms with Gasteiger partial charge in [-0.1, -0.05) is 66.7 Å². The van der Waals surface area contributed by atoms with Gasteiger partial charge in [-0.05, 0) is 51.9 Å². The molecule has 0 radical (unpaired) electrons. The third-order valence-electron chi connectivity index (χ3n) is 6.36. The van der Waals surface area contributed by atoms with Crippen LogP contribution >= 0.6 is 11.3 Å². The fraction of sp³-hybridized carbons (Fsp3) is 0.172. The van der Waals surface area contributed by atoms with Crippen LogP contribution in [-0.4, -0.2) is 41.2 Å². The molecule has 34 heavy (non-hydrogen) atoms. The zero-order chi connectivity index (χ0) is 23.5. The first-order valence-corrected chi connectivity index (χ1v) is 12.3. The van der Waals surface area contributed by atoms with Crippen LogP contribution in [0.25, 0.3) is 10.8 Å². The number of hydrogen-bond acceptors (Lipinski definition) is 3. The molecule has 170 valence electrons. The first-order chi connectivity index (χ1) is 16.7. The molecule has 1 aromatic heterocycles. The van der Waals surface area contributed by atoms with Gasteiger partial charge in [0, 0.05) is 23.5 Å². The average Bonchev–Trinajstić information content (AvgIpc) is 3.36. The number of carbonyl (C=O) groups excluding carboxylic acids is 2. The van der Waals surface area contributed by atoms with E-state index in [4.69, 9.17) is 0 Å². The maximum absolute atomic E-state index is 13.6. The Morgan fingerprint density at radius 3 is 2.56 bits per heavy atom. The van der Waals surface area contributed by atoms with E-state index in [0.29, 0.717) is 18.7 Å². The third-order valence-corrected chi connectivity index (χ3v) is 7.36. The van der Waals surface area contributed by atoms with Gasteiger partial charge in [0.05, 0.1) is 6.04 Å². The van der Waals surface area contributed by atoms with E-state index in [9.17, 15) is 9.59 Å². The van der Waals surface area contributed by atoms with Gasteiger partial charge in [-0.3, -0.25) is 9.59 Å². The average molecular weight is 467 g/mol. The van der Waals surface area contributed by atoms with E-state index in [2.05, 4.69) is 30.2 Å². The fourth-order valence-electron chi connectivity index (χ4n) is 4.71. The molecule has 0 saturated heterocycles. The predicted molar refractivity (Wildman–Crippen MR) is 138 cm³/mol. The molecule has 0 fully saturated rings. The number of nitrogens with zero attached hydrogens (tertiary/aromatic N) is 2. The first-order valence-electron chi connectivity index (χ1n) is 11.5. The second-order valence-corrected chi connectivity index (χ2v) is 9.49. The van der Waals surface area contributed by atoms with Crippen molar-refractivity contribution in [1.29, 1.82) is 0 Å². The Hall–Kier alpha value is -3.70. The third kappa shape index (κ3) is 4.27. The van der Waals surface area contributed by atoms with Crippen molar-refractivity contribution in [3.63, 3.8) is 0 Å². The molecule has 0 saturated carbocycles. The van der Waals surface area contributed by atoms with Crippen LogP contribution in [0.15, 0.2) is 96.9 Å². The predicted octanol–water partition coefficient (Wildman–Crippen LogP) is 5.70. The van der Waals surface area contributed by atoms with Gasteiger partial charge in [0.2, 0.25) is 5.91 Å². The Balaban J connectivity index is 1.42. The molecule has 1 atom stereocenters. The van der Waals surface area contributed by atoms with E-state index >= 15 is 0 Å². The number of hydrogen-bond donors (Lipinski definition) is 0. The van der Waals surface area contributed by atoms with Crippen LogP contribution < -0.4 is 0 Å². The highest BCUT2D eigenvalue weighted by Crippen LogP contribution is 2.37. The van der Waals surface area contributed by atoms with Gasteiger partial charge < -0.3 is 9.80 Å². The van der Waals surface area contributed by atoms with Crippen LogP contribution in [0, 0.1) is 0 Å². The minimum absolute atomic E-state index is 0.0144. The Morgan fingerprint density at radius 1 is 1.00 bits per heavy atom. The van der Waals surface area contributed by atoms with Crippen molar-refractivity contribution in [2.24, 2.45) is 0 Å². The molecule has 0 spiro atoms. The SMILES string of the molecule is C=CCN(CC(=O)N1CCc2sccc2C1c1ccccc1)C(=O)c1ccc2ccccc2c1. The summed E-state index contributed by atoms with van der Waals surface area (Å²) in [4.78, 5) is 31.9. The highest BCUT2D eigenvalue weighted by atomic mass is 32.1. The maximum Gasteiger partial charge on any atom is 0.254 e. The molecule has 4 nitrogen and oxygen atoms in total. The minimum Gasteiger partial charge on any atom is -0.330 e. The number of thiophene rings is 1. The monoisotopic (exact) mass is 466 g/mol. The van der Waals surface area contributed by atoms with Crippen molar-refractivity contribution in [3.8, 4) is 0 Å². The molecule has 2 amide bonds. The molecule has 5 rings (SSSR count). The molecule has 0 N–H and O–H groups in total. The van der Waals surface area contributed by atoms with Crippen LogP contribution in [-0.2, 0) is 11.2 Å². The largest absolute Gasteiger partial charge is 0.330 e. The number of amides is 2. The topological polar surface area (TPSA) is 40.6 Å². The van der Waals surface area contributed by atoms with Gasteiger partial charge in [-0.25, -0.2) is 0 Å². The number of carbonyl (C=O) groups is 2. The summed E-state index contributed by atoms with van der Waals surface area (Å²) in [5.74, 6) is -0.217. The van der Waals surface area contributed by atoms with Crippen LogP contribution in [0.4, 0.5) is 0 Å². The van der Waals surface area contributed by atoms with E-state index in [1.54, 1.807) is 22.3 Å². The molecule has 4 aromatic rings. The summed E-state index contributed by atoms with van der Waals surface area (Å²) in [6.45, 7) is 4.78. The number of rotatable bonds is 6. The van der Waals surface area contributed by atoms with Crippen LogP contribution in [0.5, 0.6) is 0 Å². The van der Waals surface area contributed by atoms with Crippen molar-refractivity contribution < 1.29 is 9.59 Å². The molecule has 2 heterocycles. The lowest BCUT2D eigenvalue weighted by Crippen LogP contribution is -2.46. The molecule has 3 aromatic carbocycles. The molecule has 0 aliphatic carbocycles. The highest BCUT2D eigenvalue weighted by molar-refractivity contribution is 7.10. The quantitative estimate of drug-likeness (QED) is 0.342. The Kier molecular flexibility index (Phi) is 6.28. The van der Waals surface area contributed by atoms with Gasteiger partial charge in [0.25, 0.3) is 5.91 Å². The lowest BCUT2D eigenvalue weighted by atomic mass is 9.93. The zero-order valence-electron chi connectivity index (χ0n) is 18.9. The second-order valence-electron chi connectivity index (χ2n) is 8.49. The molecule has 5 heteroatoms. The van der Waals surface area contributed by atoms with E-state index in [0.717, 1.165) is 22.8 Å². The van der Waals surface area contributed by atoms with Gasteiger partial charge in [0.15, 0.2) is 0 Å². The fourth-order valence-corrected chi connectivity index (χ4v) is 5.62. The van der Waals surface area contributed by atoms with E-state index in [-0.39, 0.29) is 24.4 Å². The summed E-state index contributed by atoms with van der Waals surface area (Å²) in [6.07, 6.45) is 2.51. The lowest BCUT2D eigenvalue weighted by Gasteiger charge is -2.37. The second kappa shape index (κ2) is 9.65. The van der Waals surface area contributed by atoms with Crippen molar-refractivity contribution in [2.75, 3.05) is 19.6 Å². The van der Waals surface area contributed by atoms with Crippen molar-refractivity contribution in [3.05, 3.63) is 118 Å². The summed E-state index contributed by atoms with van der Waals surface area (Å²) in [5, 5.41) is 4.18. The first kappa shape index (κ1) is 22.1.